The number of nitrogens with one attached hydrogen (secondary N) is 1. The fraction of sp³-hybridized carbons (Fsp3) is 0.500. The number of rotatable bonds is 5. The largest absolute Gasteiger partial charge is 0.373 e. The minimum Gasteiger partial charge on any atom is -0.373 e. The number of ether oxygens (including phenoxy) is 1. The molecule has 1 aliphatic heterocycles. The van der Waals surface area contributed by atoms with E-state index in [-0.39, 0.29) is 18.1 Å². The molecule has 0 radical (unpaired) electrons. The molecule has 1 fully saturated rings. The molecule has 1 saturated heterocycles. The summed E-state index contributed by atoms with van der Waals surface area (Å²) in [5.41, 5.74) is 1.59. The average molecular weight is 330 g/mol. The highest BCUT2D eigenvalue weighted by Gasteiger charge is 2.33. The molecule has 0 aromatic carbocycles. The second-order valence-electron chi connectivity index (χ2n) is 5.77. The van der Waals surface area contributed by atoms with Gasteiger partial charge in [0.25, 0.3) is 5.91 Å². The zero-order chi connectivity index (χ0) is 16.9. The summed E-state index contributed by atoms with van der Waals surface area (Å²) in [5.74, 6) is -0.174. The minimum atomic E-state index is -0.174. The van der Waals surface area contributed by atoms with E-state index in [4.69, 9.17) is 4.74 Å². The van der Waals surface area contributed by atoms with Crippen LogP contribution in [0.3, 0.4) is 0 Å². The Morgan fingerprint density at radius 2 is 2.29 bits per heavy atom. The van der Waals surface area contributed by atoms with E-state index >= 15 is 0 Å². The zero-order valence-electron chi connectivity index (χ0n) is 13.9. The first-order valence-electron chi connectivity index (χ1n) is 8.08. The highest BCUT2D eigenvalue weighted by molar-refractivity contribution is 5.93. The van der Waals surface area contributed by atoms with Crippen molar-refractivity contribution in [1.82, 2.24) is 30.2 Å². The quantitative estimate of drug-likeness (QED) is 0.854. The van der Waals surface area contributed by atoms with Crippen LogP contribution in [0.1, 0.15) is 28.9 Å². The van der Waals surface area contributed by atoms with Crippen LogP contribution in [-0.4, -0.2) is 63.1 Å². The van der Waals surface area contributed by atoms with Gasteiger partial charge in [0.15, 0.2) is 0 Å². The first-order valence-corrected chi connectivity index (χ1v) is 8.08. The van der Waals surface area contributed by atoms with Gasteiger partial charge in [-0.3, -0.25) is 14.4 Å². The van der Waals surface area contributed by atoms with Crippen molar-refractivity contribution < 1.29 is 9.53 Å². The third kappa shape index (κ3) is 3.60. The molecule has 0 bridgehead atoms. The van der Waals surface area contributed by atoms with E-state index in [1.807, 2.05) is 19.4 Å². The van der Waals surface area contributed by atoms with E-state index in [0.29, 0.717) is 18.7 Å². The third-order valence-corrected chi connectivity index (χ3v) is 4.24. The summed E-state index contributed by atoms with van der Waals surface area (Å²) in [4.78, 5) is 14.6. The topological polar surface area (TPSA) is 85.2 Å². The zero-order valence-corrected chi connectivity index (χ0v) is 13.9. The van der Waals surface area contributed by atoms with Crippen LogP contribution in [0, 0.1) is 0 Å². The van der Waals surface area contributed by atoms with Crippen LogP contribution in [0.25, 0.3) is 0 Å². The molecule has 2 atom stereocenters. The molecular weight excluding hydrogens is 308 g/mol. The molecule has 2 aromatic rings. The van der Waals surface area contributed by atoms with Crippen molar-refractivity contribution in [2.45, 2.75) is 19.1 Å². The number of hydrogen-bond donors (Lipinski definition) is 1. The van der Waals surface area contributed by atoms with E-state index in [0.717, 1.165) is 18.7 Å². The van der Waals surface area contributed by atoms with Crippen molar-refractivity contribution in [3.63, 3.8) is 0 Å². The van der Waals surface area contributed by atoms with Crippen LogP contribution in [0.2, 0.25) is 0 Å². The van der Waals surface area contributed by atoms with Gasteiger partial charge in [0.1, 0.15) is 0 Å². The van der Waals surface area contributed by atoms with E-state index < -0.39 is 0 Å². The lowest BCUT2D eigenvalue weighted by atomic mass is 10.0. The predicted molar refractivity (Wildman–Crippen MR) is 87.3 cm³/mol. The molecule has 1 N–H and O–H groups in total. The van der Waals surface area contributed by atoms with Crippen molar-refractivity contribution in [2.24, 2.45) is 7.05 Å². The molecular formula is C16H22N6O2. The van der Waals surface area contributed by atoms with Gasteiger partial charge in [0.05, 0.1) is 42.9 Å². The Balaban J connectivity index is 1.71. The molecule has 0 spiro atoms. The van der Waals surface area contributed by atoms with Gasteiger partial charge in [0.2, 0.25) is 0 Å². The highest BCUT2D eigenvalue weighted by Crippen LogP contribution is 2.28. The fourth-order valence-corrected chi connectivity index (χ4v) is 3.05. The Morgan fingerprint density at radius 1 is 1.42 bits per heavy atom. The number of amides is 1. The van der Waals surface area contributed by atoms with Crippen LogP contribution in [0.15, 0.2) is 30.9 Å². The second kappa shape index (κ2) is 7.50. The Hall–Kier alpha value is -2.32. The number of hydrogen-bond acceptors (Lipinski definition) is 6. The van der Waals surface area contributed by atoms with E-state index in [9.17, 15) is 4.79 Å². The lowest BCUT2D eigenvalue weighted by molar-refractivity contribution is -0.0685. The molecule has 24 heavy (non-hydrogen) atoms. The Bertz CT molecular complexity index is 674. The number of carbonyl (C=O) groups excluding carboxylic acids is 1. The Kier molecular flexibility index (Phi) is 5.17. The van der Waals surface area contributed by atoms with Crippen LogP contribution >= 0.6 is 0 Å². The standard InChI is InChI=1S/C16H22N6O2/c1-3-22-6-7-24-14(15(22)13-9-20-21(2)11-13)10-17-16(23)12-4-5-18-19-8-12/h4-5,8-9,11,14-15H,3,6-7,10H2,1-2H3,(H,17,23)/t14-,15-/m0/s1. The number of morpholine rings is 1. The first kappa shape index (κ1) is 16.5. The second-order valence-corrected chi connectivity index (χ2v) is 5.77. The lowest BCUT2D eigenvalue weighted by Crippen LogP contribution is -2.49. The van der Waals surface area contributed by atoms with Gasteiger partial charge < -0.3 is 10.1 Å². The number of nitrogens with zero attached hydrogens (tertiary/aromatic N) is 5. The van der Waals surface area contributed by atoms with Crippen molar-refractivity contribution in [2.75, 3.05) is 26.2 Å². The summed E-state index contributed by atoms with van der Waals surface area (Å²) < 4.78 is 7.74. The van der Waals surface area contributed by atoms with Gasteiger partial charge in [-0.25, -0.2) is 0 Å². The normalized spacial score (nSPS) is 21.6. The SMILES string of the molecule is CCN1CCO[C@@H](CNC(=O)c2ccnnc2)[C@@H]1c1cnn(C)c1. The minimum absolute atomic E-state index is 0.0771. The van der Waals surface area contributed by atoms with Gasteiger partial charge in [-0.05, 0) is 12.6 Å². The maximum atomic E-state index is 12.2. The highest BCUT2D eigenvalue weighted by atomic mass is 16.5. The molecule has 1 aliphatic rings. The van der Waals surface area contributed by atoms with E-state index in [1.54, 1.807) is 10.7 Å². The van der Waals surface area contributed by atoms with Crippen molar-refractivity contribution >= 4 is 5.91 Å². The number of likely N-dealkylation sites (N-methyl/N-ethyl adjacent to an activating group) is 1. The van der Waals surface area contributed by atoms with Crippen LogP contribution in [0.5, 0.6) is 0 Å². The molecule has 3 rings (SSSR count). The Labute approximate surface area is 140 Å². The van der Waals surface area contributed by atoms with Gasteiger partial charge >= 0.3 is 0 Å². The number of aromatic nitrogens is 4. The smallest absolute Gasteiger partial charge is 0.253 e. The van der Waals surface area contributed by atoms with Gasteiger partial charge in [0, 0.05) is 31.9 Å². The first-order chi connectivity index (χ1) is 11.7. The monoisotopic (exact) mass is 330 g/mol. The maximum Gasteiger partial charge on any atom is 0.253 e. The van der Waals surface area contributed by atoms with Crippen LogP contribution in [0.4, 0.5) is 0 Å². The number of carbonyl (C=O) groups is 1. The fourth-order valence-electron chi connectivity index (χ4n) is 3.05. The molecule has 0 saturated carbocycles. The van der Waals surface area contributed by atoms with Gasteiger partial charge in [-0.2, -0.15) is 15.3 Å². The van der Waals surface area contributed by atoms with Crippen molar-refractivity contribution in [1.29, 1.82) is 0 Å². The van der Waals surface area contributed by atoms with Crippen molar-refractivity contribution in [3.05, 3.63) is 42.0 Å². The summed E-state index contributed by atoms with van der Waals surface area (Å²) in [7, 11) is 1.90. The van der Waals surface area contributed by atoms with Gasteiger partial charge in [-0.1, -0.05) is 6.92 Å². The molecule has 3 heterocycles. The van der Waals surface area contributed by atoms with Crippen LogP contribution in [-0.2, 0) is 11.8 Å². The summed E-state index contributed by atoms with van der Waals surface area (Å²) in [6.07, 6.45) is 6.70. The number of aryl methyl sites for hydroxylation is 1. The Morgan fingerprint density at radius 3 is 2.96 bits per heavy atom. The van der Waals surface area contributed by atoms with Crippen LogP contribution < -0.4 is 5.32 Å². The summed E-state index contributed by atoms with van der Waals surface area (Å²) in [6, 6.07) is 1.72. The van der Waals surface area contributed by atoms with E-state index in [1.165, 1.54) is 12.4 Å². The summed E-state index contributed by atoms with van der Waals surface area (Å²) >= 11 is 0. The molecule has 0 aliphatic carbocycles. The predicted octanol–water partition coefficient (Wildman–Crippen LogP) is 0.402. The van der Waals surface area contributed by atoms with Gasteiger partial charge in [-0.15, -0.1) is 0 Å². The maximum absolute atomic E-state index is 12.2. The molecule has 8 nitrogen and oxygen atoms in total. The molecule has 128 valence electrons. The summed E-state index contributed by atoms with van der Waals surface area (Å²) in [5, 5.41) is 14.6. The lowest BCUT2D eigenvalue weighted by Gasteiger charge is -2.40. The summed E-state index contributed by atoms with van der Waals surface area (Å²) in [6.45, 7) is 5.00. The molecule has 8 heteroatoms. The molecule has 1 amide bonds. The average Bonchev–Trinajstić information content (AvgIpc) is 3.05. The third-order valence-electron chi connectivity index (χ3n) is 4.24. The molecule has 2 aromatic heterocycles. The van der Waals surface area contributed by atoms with E-state index in [2.05, 4.69) is 32.4 Å². The van der Waals surface area contributed by atoms with Crippen molar-refractivity contribution in [3.8, 4) is 0 Å². The molecule has 0 unspecified atom stereocenters.